The molecular formula is C17H15Cl2NOS. The number of hydrogen-bond acceptors (Lipinski definition) is 2. The quantitative estimate of drug-likeness (QED) is 0.741. The molecule has 0 aromatic heterocycles. The molecule has 3 rings (SSSR count). The first-order valence-corrected chi connectivity index (χ1v) is 8.81. The fraction of sp³-hybridized carbons (Fsp3) is 0.235. The maximum atomic E-state index is 12.8. The molecule has 5 heteroatoms. The standard InChI is InChI=1S/C17H15Cl2NOS/c1-11-2-4-12(5-3-11)16(21)20-8-9-22-17(20)14-7-6-13(18)10-15(14)19/h2-7,10,17H,8-9H2,1H3. The van der Waals surface area contributed by atoms with Crippen LogP contribution in [0.5, 0.6) is 0 Å². The third-order valence-electron chi connectivity index (χ3n) is 3.68. The van der Waals surface area contributed by atoms with Gasteiger partial charge < -0.3 is 4.90 Å². The van der Waals surface area contributed by atoms with Crippen LogP contribution in [0.15, 0.2) is 42.5 Å². The molecule has 0 radical (unpaired) electrons. The average Bonchev–Trinajstić information content (AvgIpc) is 2.96. The van der Waals surface area contributed by atoms with Crippen molar-refractivity contribution < 1.29 is 4.79 Å². The van der Waals surface area contributed by atoms with Crippen LogP contribution in [-0.2, 0) is 0 Å². The van der Waals surface area contributed by atoms with Gasteiger partial charge in [-0.3, -0.25) is 4.79 Å². The molecule has 1 aliphatic heterocycles. The molecule has 22 heavy (non-hydrogen) atoms. The summed E-state index contributed by atoms with van der Waals surface area (Å²) in [6.07, 6.45) is 0. The maximum Gasteiger partial charge on any atom is 0.255 e. The highest BCUT2D eigenvalue weighted by atomic mass is 35.5. The lowest BCUT2D eigenvalue weighted by Gasteiger charge is -2.25. The molecule has 2 nitrogen and oxygen atoms in total. The Hall–Kier alpha value is -1.16. The van der Waals surface area contributed by atoms with Crippen LogP contribution in [0.2, 0.25) is 10.0 Å². The van der Waals surface area contributed by atoms with Gasteiger partial charge in [-0.25, -0.2) is 0 Å². The van der Waals surface area contributed by atoms with Gasteiger partial charge >= 0.3 is 0 Å². The lowest BCUT2D eigenvalue weighted by Crippen LogP contribution is -2.30. The van der Waals surface area contributed by atoms with E-state index in [1.807, 2.05) is 48.2 Å². The molecule has 2 aromatic rings. The second-order valence-corrected chi connectivity index (χ2v) is 7.29. The maximum absolute atomic E-state index is 12.8. The minimum absolute atomic E-state index is 0.0426. The lowest BCUT2D eigenvalue weighted by molar-refractivity contribution is 0.0760. The third-order valence-corrected chi connectivity index (χ3v) is 5.48. The zero-order valence-electron chi connectivity index (χ0n) is 12.1. The Kier molecular flexibility index (Phi) is 4.67. The summed E-state index contributed by atoms with van der Waals surface area (Å²) in [4.78, 5) is 14.6. The van der Waals surface area contributed by atoms with Gasteiger partial charge in [0.1, 0.15) is 5.37 Å². The SMILES string of the molecule is Cc1ccc(C(=O)N2CCSC2c2ccc(Cl)cc2Cl)cc1. The van der Waals surface area contributed by atoms with Gasteiger partial charge in [-0.05, 0) is 31.2 Å². The first kappa shape index (κ1) is 15.7. The summed E-state index contributed by atoms with van der Waals surface area (Å²) in [5, 5.41) is 1.15. The first-order chi connectivity index (χ1) is 10.6. The van der Waals surface area contributed by atoms with Crippen molar-refractivity contribution in [1.82, 2.24) is 4.90 Å². The van der Waals surface area contributed by atoms with E-state index in [1.54, 1.807) is 17.8 Å². The van der Waals surface area contributed by atoms with Crippen molar-refractivity contribution in [1.29, 1.82) is 0 Å². The second kappa shape index (κ2) is 6.53. The average molecular weight is 352 g/mol. The lowest BCUT2D eigenvalue weighted by atomic mass is 10.1. The van der Waals surface area contributed by atoms with E-state index < -0.39 is 0 Å². The van der Waals surface area contributed by atoms with E-state index in [-0.39, 0.29) is 11.3 Å². The van der Waals surface area contributed by atoms with E-state index in [0.717, 1.165) is 23.4 Å². The van der Waals surface area contributed by atoms with Crippen LogP contribution < -0.4 is 0 Å². The predicted molar refractivity (Wildman–Crippen MR) is 93.9 cm³/mol. The molecule has 1 aliphatic rings. The van der Waals surface area contributed by atoms with E-state index in [0.29, 0.717) is 15.6 Å². The van der Waals surface area contributed by atoms with Gasteiger partial charge in [-0.1, -0.05) is 47.0 Å². The fourth-order valence-corrected chi connectivity index (χ4v) is 4.37. The fourth-order valence-electron chi connectivity index (χ4n) is 2.50. The zero-order chi connectivity index (χ0) is 15.7. The topological polar surface area (TPSA) is 20.3 Å². The highest BCUT2D eigenvalue weighted by molar-refractivity contribution is 7.99. The summed E-state index contributed by atoms with van der Waals surface area (Å²) in [7, 11) is 0. The molecule has 1 fully saturated rings. The number of nitrogens with zero attached hydrogens (tertiary/aromatic N) is 1. The molecule has 0 bridgehead atoms. The van der Waals surface area contributed by atoms with Crippen LogP contribution in [-0.4, -0.2) is 23.1 Å². The van der Waals surface area contributed by atoms with Gasteiger partial charge in [0.05, 0.1) is 0 Å². The Balaban J connectivity index is 1.89. The van der Waals surface area contributed by atoms with Gasteiger partial charge in [0.2, 0.25) is 0 Å². The molecule has 1 atom stereocenters. The van der Waals surface area contributed by atoms with E-state index in [1.165, 1.54) is 0 Å². The molecule has 1 unspecified atom stereocenters. The summed E-state index contributed by atoms with van der Waals surface area (Å²) in [5.41, 5.74) is 2.79. The van der Waals surface area contributed by atoms with Gasteiger partial charge in [0.25, 0.3) is 5.91 Å². The first-order valence-electron chi connectivity index (χ1n) is 7.00. The van der Waals surface area contributed by atoms with Crippen molar-refractivity contribution in [2.45, 2.75) is 12.3 Å². The normalized spacial score (nSPS) is 17.8. The van der Waals surface area contributed by atoms with Crippen LogP contribution in [0.3, 0.4) is 0 Å². The molecule has 1 amide bonds. The molecule has 0 saturated carbocycles. The number of amides is 1. The second-order valence-electron chi connectivity index (χ2n) is 5.25. The molecule has 1 saturated heterocycles. The zero-order valence-corrected chi connectivity index (χ0v) is 14.4. The number of benzene rings is 2. The summed E-state index contributed by atoms with van der Waals surface area (Å²) < 4.78 is 0. The monoisotopic (exact) mass is 351 g/mol. The molecule has 0 N–H and O–H groups in total. The number of rotatable bonds is 2. The molecule has 2 aromatic carbocycles. The van der Waals surface area contributed by atoms with Crippen molar-refractivity contribution in [2.75, 3.05) is 12.3 Å². The summed E-state index contributed by atoms with van der Waals surface area (Å²) >= 11 is 14.0. The van der Waals surface area contributed by atoms with Crippen molar-refractivity contribution in [3.8, 4) is 0 Å². The minimum atomic E-state index is -0.0569. The number of carbonyl (C=O) groups is 1. The summed E-state index contributed by atoms with van der Waals surface area (Å²) in [6.45, 7) is 2.73. The van der Waals surface area contributed by atoms with Crippen LogP contribution in [0, 0.1) is 6.92 Å². The Bertz CT molecular complexity index is 702. The largest absolute Gasteiger partial charge is 0.322 e. The van der Waals surface area contributed by atoms with Crippen LogP contribution in [0.1, 0.15) is 26.9 Å². The van der Waals surface area contributed by atoms with Gasteiger partial charge in [0.15, 0.2) is 0 Å². The molecule has 1 heterocycles. The van der Waals surface area contributed by atoms with Crippen LogP contribution in [0.4, 0.5) is 0 Å². The number of carbonyl (C=O) groups excluding carboxylic acids is 1. The number of thioether (sulfide) groups is 1. The Morgan fingerprint density at radius 3 is 2.59 bits per heavy atom. The summed E-state index contributed by atoms with van der Waals surface area (Å²) in [5.74, 6) is 0.947. The predicted octanol–water partition coefficient (Wildman–Crippen LogP) is 5.19. The minimum Gasteiger partial charge on any atom is -0.322 e. The highest BCUT2D eigenvalue weighted by Gasteiger charge is 2.32. The molecule has 0 aliphatic carbocycles. The Morgan fingerprint density at radius 1 is 1.18 bits per heavy atom. The highest BCUT2D eigenvalue weighted by Crippen LogP contribution is 2.42. The van der Waals surface area contributed by atoms with Crippen molar-refractivity contribution in [3.63, 3.8) is 0 Å². The van der Waals surface area contributed by atoms with E-state index >= 15 is 0 Å². The van der Waals surface area contributed by atoms with Gasteiger partial charge in [0, 0.05) is 33.5 Å². The number of hydrogen-bond donors (Lipinski definition) is 0. The van der Waals surface area contributed by atoms with Crippen molar-refractivity contribution >= 4 is 40.9 Å². The number of aryl methyl sites for hydroxylation is 1. The van der Waals surface area contributed by atoms with Gasteiger partial charge in [-0.15, -0.1) is 11.8 Å². The van der Waals surface area contributed by atoms with Crippen LogP contribution >= 0.6 is 35.0 Å². The van der Waals surface area contributed by atoms with E-state index in [2.05, 4.69) is 0 Å². The Labute approximate surface area is 144 Å². The smallest absolute Gasteiger partial charge is 0.255 e. The van der Waals surface area contributed by atoms with E-state index in [4.69, 9.17) is 23.2 Å². The number of halogens is 2. The van der Waals surface area contributed by atoms with Crippen molar-refractivity contribution in [3.05, 3.63) is 69.2 Å². The van der Waals surface area contributed by atoms with Crippen molar-refractivity contribution in [2.24, 2.45) is 0 Å². The molecular weight excluding hydrogens is 337 g/mol. The molecule has 0 spiro atoms. The van der Waals surface area contributed by atoms with Crippen LogP contribution in [0.25, 0.3) is 0 Å². The Morgan fingerprint density at radius 2 is 1.91 bits per heavy atom. The van der Waals surface area contributed by atoms with Gasteiger partial charge in [-0.2, -0.15) is 0 Å². The summed E-state index contributed by atoms with van der Waals surface area (Å²) in [6, 6.07) is 13.1. The van der Waals surface area contributed by atoms with E-state index in [9.17, 15) is 4.79 Å². The third kappa shape index (κ3) is 3.12. The molecule has 114 valence electrons.